The Morgan fingerprint density at radius 2 is 2.04 bits per heavy atom. The van der Waals surface area contributed by atoms with E-state index in [1.807, 2.05) is 4.57 Å². The molecule has 0 radical (unpaired) electrons. The SMILES string of the molecule is CCS(=O)(=O)c1ccccc1C(=O)N(C)Cc1nnc2n1CCC2. The van der Waals surface area contributed by atoms with E-state index in [0.29, 0.717) is 6.54 Å². The minimum atomic E-state index is -3.46. The van der Waals surface area contributed by atoms with Gasteiger partial charge in [0, 0.05) is 20.0 Å². The average molecular weight is 348 g/mol. The monoisotopic (exact) mass is 348 g/mol. The Labute approximate surface area is 141 Å². The predicted molar refractivity (Wildman–Crippen MR) is 88.3 cm³/mol. The Bertz CT molecular complexity index is 873. The molecule has 7 nitrogen and oxygen atoms in total. The summed E-state index contributed by atoms with van der Waals surface area (Å²) in [5.41, 5.74) is 0.197. The molecule has 1 aliphatic rings. The van der Waals surface area contributed by atoms with Gasteiger partial charge in [0.25, 0.3) is 5.91 Å². The number of aromatic nitrogens is 3. The fourth-order valence-corrected chi connectivity index (χ4v) is 3.97. The summed E-state index contributed by atoms with van der Waals surface area (Å²) in [6.45, 7) is 2.73. The maximum Gasteiger partial charge on any atom is 0.255 e. The third kappa shape index (κ3) is 2.93. The summed E-state index contributed by atoms with van der Waals surface area (Å²) in [5, 5.41) is 8.27. The van der Waals surface area contributed by atoms with Gasteiger partial charge in [0.1, 0.15) is 5.82 Å². The van der Waals surface area contributed by atoms with Crippen LogP contribution in [0.3, 0.4) is 0 Å². The van der Waals surface area contributed by atoms with E-state index in [9.17, 15) is 13.2 Å². The summed E-state index contributed by atoms with van der Waals surface area (Å²) < 4.78 is 26.5. The van der Waals surface area contributed by atoms with Crippen LogP contribution in [0.5, 0.6) is 0 Å². The van der Waals surface area contributed by atoms with Gasteiger partial charge in [0.05, 0.1) is 22.8 Å². The van der Waals surface area contributed by atoms with E-state index < -0.39 is 9.84 Å². The number of hydrogen-bond acceptors (Lipinski definition) is 5. The summed E-state index contributed by atoms with van der Waals surface area (Å²) in [6, 6.07) is 6.33. The lowest BCUT2D eigenvalue weighted by molar-refractivity contribution is 0.0776. The Kier molecular flexibility index (Phi) is 4.40. The summed E-state index contributed by atoms with van der Waals surface area (Å²) in [6.07, 6.45) is 1.94. The van der Waals surface area contributed by atoms with Crippen molar-refractivity contribution in [2.45, 2.75) is 37.8 Å². The van der Waals surface area contributed by atoms with E-state index in [4.69, 9.17) is 0 Å². The third-order valence-electron chi connectivity index (χ3n) is 4.24. The molecule has 0 atom stereocenters. The van der Waals surface area contributed by atoms with E-state index in [-0.39, 0.29) is 22.1 Å². The first-order chi connectivity index (χ1) is 11.4. The molecule has 8 heteroatoms. The van der Waals surface area contributed by atoms with E-state index in [2.05, 4.69) is 10.2 Å². The number of nitrogens with zero attached hydrogens (tertiary/aromatic N) is 4. The van der Waals surface area contributed by atoms with Crippen molar-refractivity contribution in [3.8, 4) is 0 Å². The van der Waals surface area contributed by atoms with Gasteiger partial charge >= 0.3 is 0 Å². The van der Waals surface area contributed by atoms with Gasteiger partial charge in [-0.15, -0.1) is 10.2 Å². The van der Waals surface area contributed by atoms with Gasteiger partial charge in [0.15, 0.2) is 15.7 Å². The second-order valence-corrected chi connectivity index (χ2v) is 8.10. The quantitative estimate of drug-likeness (QED) is 0.813. The molecule has 128 valence electrons. The number of fused-ring (bicyclic) bond motifs is 1. The molecule has 1 aromatic heterocycles. The van der Waals surface area contributed by atoms with Crippen LogP contribution >= 0.6 is 0 Å². The number of hydrogen-bond donors (Lipinski definition) is 0. The molecule has 1 amide bonds. The zero-order valence-corrected chi connectivity index (χ0v) is 14.6. The second-order valence-electron chi connectivity index (χ2n) is 5.85. The van der Waals surface area contributed by atoms with Gasteiger partial charge in [-0.2, -0.15) is 0 Å². The molecule has 3 rings (SSSR count). The predicted octanol–water partition coefficient (Wildman–Crippen LogP) is 1.29. The molecular formula is C16H20N4O3S. The maximum atomic E-state index is 12.8. The first kappa shape index (κ1) is 16.6. The van der Waals surface area contributed by atoms with Crippen molar-refractivity contribution in [2.24, 2.45) is 0 Å². The first-order valence-corrected chi connectivity index (χ1v) is 9.57. The summed E-state index contributed by atoms with van der Waals surface area (Å²) in [4.78, 5) is 14.3. The Hall–Kier alpha value is -2.22. The number of carbonyl (C=O) groups excluding carboxylic acids is 1. The molecule has 0 aliphatic carbocycles. The highest BCUT2D eigenvalue weighted by Gasteiger charge is 2.25. The highest BCUT2D eigenvalue weighted by atomic mass is 32.2. The first-order valence-electron chi connectivity index (χ1n) is 7.92. The normalized spacial score (nSPS) is 13.8. The standard InChI is InChI=1S/C16H20N4O3S/c1-3-24(22,23)13-8-5-4-7-12(13)16(21)19(2)11-15-18-17-14-9-6-10-20(14)15/h4-5,7-8H,3,6,9-11H2,1-2H3. The minimum Gasteiger partial charge on any atom is -0.334 e. The van der Waals surface area contributed by atoms with E-state index >= 15 is 0 Å². The molecule has 1 aromatic carbocycles. The van der Waals surface area contributed by atoms with Crippen molar-refractivity contribution in [1.29, 1.82) is 0 Å². The van der Waals surface area contributed by atoms with Gasteiger partial charge in [0.2, 0.25) is 0 Å². The van der Waals surface area contributed by atoms with Gasteiger partial charge in [-0.3, -0.25) is 4.79 Å². The lowest BCUT2D eigenvalue weighted by atomic mass is 10.2. The van der Waals surface area contributed by atoms with Crippen molar-refractivity contribution in [3.05, 3.63) is 41.5 Å². The maximum absolute atomic E-state index is 12.8. The lowest BCUT2D eigenvalue weighted by Crippen LogP contribution is -2.29. The number of sulfone groups is 1. The van der Waals surface area contributed by atoms with Gasteiger partial charge in [-0.1, -0.05) is 19.1 Å². The van der Waals surface area contributed by atoms with Crippen LogP contribution in [0.25, 0.3) is 0 Å². The molecule has 0 unspecified atom stereocenters. The fourth-order valence-electron chi connectivity index (χ4n) is 2.89. The molecule has 0 N–H and O–H groups in total. The van der Waals surface area contributed by atoms with E-state index in [1.165, 1.54) is 11.0 Å². The van der Waals surface area contributed by atoms with Crippen molar-refractivity contribution in [1.82, 2.24) is 19.7 Å². The summed E-state index contributed by atoms with van der Waals surface area (Å²) >= 11 is 0. The van der Waals surface area contributed by atoms with E-state index in [1.54, 1.807) is 32.2 Å². The molecule has 2 aromatic rings. The molecule has 24 heavy (non-hydrogen) atoms. The molecule has 0 bridgehead atoms. The Morgan fingerprint density at radius 1 is 1.29 bits per heavy atom. The highest BCUT2D eigenvalue weighted by molar-refractivity contribution is 7.91. The fraction of sp³-hybridized carbons (Fsp3) is 0.438. The largest absolute Gasteiger partial charge is 0.334 e. The molecule has 2 heterocycles. The van der Waals surface area contributed by atoms with Crippen molar-refractivity contribution in [3.63, 3.8) is 0 Å². The molecule has 0 saturated carbocycles. The second kappa shape index (κ2) is 6.35. The molecule has 0 spiro atoms. The molecule has 0 saturated heterocycles. The van der Waals surface area contributed by atoms with Crippen molar-refractivity contribution < 1.29 is 13.2 Å². The van der Waals surface area contributed by atoms with Crippen LogP contribution in [0.15, 0.2) is 29.2 Å². The lowest BCUT2D eigenvalue weighted by Gasteiger charge is -2.18. The highest BCUT2D eigenvalue weighted by Crippen LogP contribution is 2.20. The van der Waals surface area contributed by atoms with Gasteiger partial charge in [-0.25, -0.2) is 8.42 Å². The molecule has 0 fully saturated rings. The number of rotatable bonds is 5. The third-order valence-corrected chi connectivity index (χ3v) is 6.03. The number of carbonyl (C=O) groups is 1. The summed E-state index contributed by atoms with van der Waals surface area (Å²) in [5.74, 6) is 1.30. The Morgan fingerprint density at radius 3 is 2.79 bits per heavy atom. The van der Waals surface area contributed by atoms with Crippen LogP contribution < -0.4 is 0 Å². The zero-order chi connectivity index (χ0) is 17.3. The van der Waals surface area contributed by atoms with E-state index in [0.717, 1.165) is 31.0 Å². The van der Waals surface area contributed by atoms with Crippen LogP contribution in [0.1, 0.15) is 35.4 Å². The topological polar surface area (TPSA) is 85.2 Å². The summed E-state index contributed by atoms with van der Waals surface area (Å²) in [7, 11) is -1.81. The number of aryl methyl sites for hydroxylation is 1. The van der Waals surface area contributed by atoms with Crippen molar-refractivity contribution >= 4 is 15.7 Å². The zero-order valence-electron chi connectivity index (χ0n) is 13.8. The number of amides is 1. The number of benzene rings is 1. The van der Waals surface area contributed by atoms with Crippen LogP contribution in [-0.2, 0) is 29.3 Å². The van der Waals surface area contributed by atoms with Crippen molar-refractivity contribution in [2.75, 3.05) is 12.8 Å². The Balaban J connectivity index is 1.87. The van der Waals surface area contributed by atoms with Gasteiger partial charge in [-0.05, 0) is 18.6 Å². The van der Waals surface area contributed by atoms with Crippen LogP contribution in [0.4, 0.5) is 0 Å². The minimum absolute atomic E-state index is 0.0430. The van der Waals surface area contributed by atoms with Gasteiger partial charge < -0.3 is 9.47 Å². The van der Waals surface area contributed by atoms with Crippen LogP contribution in [0, 0.1) is 0 Å². The van der Waals surface area contributed by atoms with Crippen LogP contribution in [-0.4, -0.2) is 46.8 Å². The molecular weight excluding hydrogens is 328 g/mol. The van der Waals surface area contributed by atoms with Crippen LogP contribution in [0.2, 0.25) is 0 Å². The average Bonchev–Trinajstić information content (AvgIpc) is 3.19. The smallest absolute Gasteiger partial charge is 0.255 e. The molecule has 1 aliphatic heterocycles.